The van der Waals surface area contributed by atoms with Crippen LogP contribution in [-0.2, 0) is 11.3 Å². The Morgan fingerprint density at radius 2 is 1.78 bits per heavy atom. The molecule has 2 rings (SSSR count). The molecule has 0 heterocycles. The molecule has 2 N–H and O–H groups in total. The number of benzene rings is 2. The van der Waals surface area contributed by atoms with Gasteiger partial charge in [-0.15, -0.1) is 0 Å². The standard InChI is InChI=1S/C19H23NO3/c1-14(15-9-5-4-6-10-15)19(2,22)18(21)20-13-16-11-7-8-12-17(16)23-3/h4-12,14,22H,13H2,1-3H3,(H,20,21). The van der Waals surface area contributed by atoms with Crippen molar-refractivity contribution in [1.29, 1.82) is 0 Å². The molecule has 1 amide bonds. The Kier molecular flexibility index (Phi) is 5.40. The van der Waals surface area contributed by atoms with E-state index in [1.807, 2.05) is 61.5 Å². The number of para-hydroxylation sites is 1. The molecule has 0 bridgehead atoms. The summed E-state index contributed by atoms with van der Waals surface area (Å²) < 4.78 is 5.27. The zero-order valence-electron chi connectivity index (χ0n) is 13.7. The Labute approximate surface area is 137 Å². The van der Waals surface area contributed by atoms with Gasteiger partial charge in [0.2, 0.25) is 0 Å². The van der Waals surface area contributed by atoms with Crippen LogP contribution in [0.4, 0.5) is 0 Å². The van der Waals surface area contributed by atoms with Gasteiger partial charge >= 0.3 is 0 Å². The minimum absolute atomic E-state index is 0.306. The summed E-state index contributed by atoms with van der Waals surface area (Å²) in [5.41, 5.74) is 0.292. The van der Waals surface area contributed by atoms with Gasteiger partial charge in [-0.2, -0.15) is 0 Å². The van der Waals surface area contributed by atoms with Gasteiger partial charge in [0.25, 0.3) is 5.91 Å². The van der Waals surface area contributed by atoms with Crippen molar-refractivity contribution < 1.29 is 14.6 Å². The maximum atomic E-state index is 12.5. The Balaban J connectivity index is 2.07. The van der Waals surface area contributed by atoms with Crippen LogP contribution in [0.1, 0.15) is 30.9 Å². The van der Waals surface area contributed by atoms with Crippen LogP contribution in [0.2, 0.25) is 0 Å². The molecule has 0 aliphatic heterocycles. The highest BCUT2D eigenvalue weighted by Gasteiger charge is 2.37. The summed E-state index contributed by atoms with van der Waals surface area (Å²) in [6.07, 6.45) is 0. The molecular weight excluding hydrogens is 290 g/mol. The van der Waals surface area contributed by atoms with Crippen molar-refractivity contribution in [1.82, 2.24) is 5.32 Å². The molecule has 2 atom stereocenters. The third-order valence-electron chi connectivity index (χ3n) is 4.23. The molecule has 0 fully saturated rings. The van der Waals surface area contributed by atoms with Crippen LogP contribution in [0, 0.1) is 0 Å². The van der Waals surface area contributed by atoms with Crippen LogP contribution in [0.5, 0.6) is 5.75 Å². The molecule has 0 saturated heterocycles. The fourth-order valence-corrected chi connectivity index (χ4v) is 2.47. The number of rotatable bonds is 6. The van der Waals surface area contributed by atoms with Crippen LogP contribution >= 0.6 is 0 Å². The van der Waals surface area contributed by atoms with Crippen molar-refractivity contribution in [3.8, 4) is 5.75 Å². The number of aliphatic hydroxyl groups is 1. The first-order valence-corrected chi connectivity index (χ1v) is 7.64. The lowest BCUT2D eigenvalue weighted by molar-refractivity contribution is -0.140. The van der Waals surface area contributed by atoms with Crippen molar-refractivity contribution in [3.05, 3.63) is 65.7 Å². The highest BCUT2D eigenvalue weighted by atomic mass is 16.5. The third-order valence-corrected chi connectivity index (χ3v) is 4.23. The van der Waals surface area contributed by atoms with Gasteiger partial charge in [0.15, 0.2) is 0 Å². The van der Waals surface area contributed by atoms with E-state index in [0.717, 1.165) is 11.1 Å². The van der Waals surface area contributed by atoms with Crippen molar-refractivity contribution in [2.45, 2.75) is 31.9 Å². The van der Waals surface area contributed by atoms with Gasteiger partial charge in [0.1, 0.15) is 11.4 Å². The fourth-order valence-electron chi connectivity index (χ4n) is 2.47. The van der Waals surface area contributed by atoms with E-state index in [1.165, 1.54) is 0 Å². The average Bonchev–Trinajstić information content (AvgIpc) is 2.59. The van der Waals surface area contributed by atoms with Gasteiger partial charge in [-0.3, -0.25) is 4.79 Å². The maximum Gasteiger partial charge on any atom is 0.252 e. The molecule has 0 spiro atoms. The number of amides is 1. The van der Waals surface area contributed by atoms with E-state index in [0.29, 0.717) is 12.3 Å². The predicted octanol–water partition coefficient (Wildman–Crippen LogP) is 2.87. The van der Waals surface area contributed by atoms with Crippen molar-refractivity contribution in [3.63, 3.8) is 0 Å². The maximum absolute atomic E-state index is 12.5. The topological polar surface area (TPSA) is 58.6 Å². The highest BCUT2D eigenvalue weighted by molar-refractivity contribution is 5.85. The number of nitrogens with one attached hydrogen (secondary N) is 1. The molecule has 0 radical (unpaired) electrons. The van der Waals surface area contributed by atoms with E-state index >= 15 is 0 Å². The van der Waals surface area contributed by atoms with Gasteiger partial charge in [-0.1, -0.05) is 55.5 Å². The zero-order chi connectivity index (χ0) is 16.9. The number of hydrogen-bond donors (Lipinski definition) is 2. The zero-order valence-corrected chi connectivity index (χ0v) is 13.7. The summed E-state index contributed by atoms with van der Waals surface area (Å²) >= 11 is 0. The second-order valence-corrected chi connectivity index (χ2v) is 5.77. The van der Waals surface area contributed by atoms with Gasteiger partial charge in [0, 0.05) is 18.0 Å². The smallest absolute Gasteiger partial charge is 0.252 e. The molecule has 4 heteroatoms. The fraction of sp³-hybridized carbons (Fsp3) is 0.316. The Hall–Kier alpha value is -2.33. The molecular formula is C19H23NO3. The van der Waals surface area contributed by atoms with Crippen LogP contribution < -0.4 is 10.1 Å². The third kappa shape index (κ3) is 3.90. The van der Waals surface area contributed by atoms with E-state index in [9.17, 15) is 9.90 Å². The molecule has 2 aromatic rings. The first-order chi connectivity index (χ1) is 11.0. The number of carbonyl (C=O) groups is 1. The normalized spacial score (nSPS) is 14.6. The lowest BCUT2D eigenvalue weighted by Crippen LogP contribution is -2.47. The van der Waals surface area contributed by atoms with Gasteiger partial charge < -0.3 is 15.2 Å². The van der Waals surface area contributed by atoms with E-state index in [2.05, 4.69) is 5.32 Å². The van der Waals surface area contributed by atoms with Crippen LogP contribution in [-0.4, -0.2) is 23.7 Å². The van der Waals surface area contributed by atoms with Gasteiger partial charge in [0.05, 0.1) is 7.11 Å². The first kappa shape index (κ1) is 17.0. The molecule has 23 heavy (non-hydrogen) atoms. The summed E-state index contributed by atoms with van der Waals surface area (Å²) in [7, 11) is 1.59. The minimum Gasteiger partial charge on any atom is -0.496 e. The molecule has 0 aromatic heterocycles. The minimum atomic E-state index is -1.50. The SMILES string of the molecule is COc1ccccc1CNC(=O)C(C)(O)C(C)c1ccccc1. The highest BCUT2D eigenvalue weighted by Crippen LogP contribution is 2.28. The largest absolute Gasteiger partial charge is 0.496 e. The van der Waals surface area contributed by atoms with E-state index in [4.69, 9.17) is 4.74 Å². The molecule has 2 aromatic carbocycles. The summed E-state index contributed by atoms with van der Waals surface area (Å²) in [5.74, 6) is -0.00956. The van der Waals surface area contributed by atoms with Crippen molar-refractivity contribution in [2.24, 2.45) is 0 Å². The second kappa shape index (κ2) is 7.29. The quantitative estimate of drug-likeness (QED) is 0.862. The molecule has 0 aliphatic rings. The molecule has 0 saturated carbocycles. The summed E-state index contributed by atoms with van der Waals surface area (Å²) in [6.45, 7) is 3.70. The van der Waals surface area contributed by atoms with E-state index in [-0.39, 0.29) is 5.92 Å². The number of methoxy groups -OCH3 is 1. The predicted molar refractivity (Wildman–Crippen MR) is 90.3 cm³/mol. The number of hydrogen-bond acceptors (Lipinski definition) is 3. The lowest BCUT2D eigenvalue weighted by atomic mass is 9.84. The van der Waals surface area contributed by atoms with Crippen LogP contribution in [0.25, 0.3) is 0 Å². The lowest BCUT2D eigenvalue weighted by Gasteiger charge is -2.29. The van der Waals surface area contributed by atoms with Crippen molar-refractivity contribution in [2.75, 3.05) is 7.11 Å². The number of ether oxygens (including phenoxy) is 1. The Bertz CT molecular complexity index is 653. The first-order valence-electron chi connectivity index (χ1n) is 7.64. The van der Waals surface area contributed by atoms with Crippen LogP contribution in [0.3, 0.4) is 0 Å². The summed E-state index contributed by atoms with van der Waals surface area (Å²) in [5, 5.41) is 13.5. The van der Waals surface area contributed by atoms with E-state index in [1.54, 1.807) is 14.0 Å². The van der Waals surface area contributed by atoms with Crippen molar-refractivity contribution >= 4 is 5.91 Å². The monoisotopic (exact) mass is 313 g/mol. The van der Waals surface area contributed by atoms with E-state index < -0.39 is 11.5 Å². The molecule has 122 valence electrons. The second-order valence-electron chi connectivity index (χ2n) is 5.77. The molecule has 0 aliphatic carbocycles. The summed E-state index contributed by atoms with van der Waals surface area (Å²) in [6, 6.07) is 17.0. The molecule has 2 unspecified atom stereocenters. The van der Waals surface area contributed by atoms with Gasteiger partial charge in [-0.05, 0) is 18.6 Å². The Morgan fingerprint density at radius 1 is 1.17 bits per heavy atom. The summed E-state index contributed by atoms with van der Waals surface area (Å²) in [4.78, 5) is 12.5. The Morgan fingerprint density at radius 3 is 2.43 bits per heavy atom. The number of carbonyl (C=O) groups excluding carboxylic acids is 1. The van der Waals surface area contributed by atoms with Gasteiger partial charge in [-0.25, -0.2) is 0 Å². The average molecular weight is 313 g/mol. The molecule has 4 nitrogen and oxygen atoms in total. The van der Waals surface area contributed by atoms with Crippen LogP contribution in [0.15, 0.2) is 54.6 Å².